The number of hydrogen-bond donors (Lipinski definition) is 1. The van der Waals surface area contributed by atoms with E-state index >= 15 is 0 Å². The van der Waals surface area contributed by atoms with Crippen LogP contribution >= 0.6 is 34.8 Å². The van der Waals surface area contributed by atoms with Crippen molar-refractivity contribution in [3.05, 3.63) is 56.5 Å². The van der Waals surface area contributed by atoms with Crippen molar-refractivity contribution >= 4 is 46.4 Å². The molecule has 0 saturated carbocycles. The number of benzene rings is 1. The van der Waals surface area contributed by atoms with Gasteiger partial charge in [-0.2, -0.15) is 5.26 Å². The molecule has 0 aliphatic rings. The van der Waals surface area contributed by atoms with Crippen molar-refractivity contribution in [3.8, 4) is 6.07 Å². The van der Waals surface area contributed by atoms with Crippen LogP contribution in [-0.4, -0.2) is 10.9 Å². The van der Waals surface area contributed by atoms with Gasteiger partial charge in [0.1, 0.15) is 0 Å². The zero-order chi connectivity index (χ0) is 15.6. The molecule has 1 heterocycles. The summed E-state index contributed by atoms with van der Waals surface area (Å²) in [5, 5.41) is 10.7. The highest BCUT2D eigenvalue weighted by molar-refractivity contribution is 6.40. The molecule has 0 aliphatic heterocycles. The topological polar surface area (TPSA) is 65.8 Å². The zero-order valence-corrected chi connectivity index (χ0v) is 12.4. The van der Waals surface area contributed by atoms with Gasteiger partial charge in [0.05, 0.1) is 32.9 Å². The number of rotatable bonds is 2. The molecule has 1 amide bonds. The Balaban J connectivity index is 2.38. The average Bonchev–Trinajstić information content (AvgIpc) is 2.43. The highest BCUT2D eigenvalue weighted by atomic mass is 35.5. The molecule has 0 fully saturated rings. The van der Waals surface area contributed by atoms with E-state index in [4.69, 9.17) is 40.1 Å². The van der Waals surface area contributed by atoms with Crippen LogP contribution in [0.25, 0.3) is 0 Å². The van der Waals surface area contributed by atoms with Gasteiger partial charge in [0, 0.05) is 6.20 Å². The van der Waals surface area contributed by atoms with E-state index in [0.717, 1.165) is 0 Å². The van der Waals surface area contributed by atoms with E-state index < -0.39 is 11.7 Å². The number of pyridine rings is 1. The number of halogens is 4. The summed E-state index contributed by atoms with van der Waals surface area (Å²) in [4.78, 5) is 15.7. The van der Waals surface area contributed by atoms with Crippen LogP contribution in [0, 0.1) is 17.1 Å². The number of nitrogens with one attached hydrogen (secondary N) is 1. The SMILES string of the molecule is N#Cc1cc(Cl)c(C(=O)Nc2ccnc(Cl)c2F)c(Cl)c1. The van der Waals surface area contributed by atoms with Crippen molar-refractivity contribution in [3.63, 3.8) is 0 Å². The Bertz CT molecular complexity index is 751. The molecule has 0 bridgehead atoms. The number of anilines is 1. The Morgan fingerprint density at radius 2 is 1.90 bits per heavy atom. The van der Waals surface area contributed by atoms with Crippen molar-refractivity contribution < 1.29 is 9.18 Å². The van der Waals surface area contributed by atoms with Gasteiger partial charge in [0.2, 0.25) is 0 Å². The summed E-state index contributed by atoms with van der Waals surface area (Å²) in [6.45, 7) is 0. The number of hydrogen-bond acceptors (Lipinski definition) is 3. The maximum atomic E-state index is 13.7. The third-order valence-corrected chi connectivity index (χ3v) is 3.35. The first-order chi connectivity index (χ1) is 9.93. The molecule has 4 nitrogen and oxygen atoms in total. The lowest BCUT2D eigenvalue weighted by atomic mass is 10.1. The summed E-state index contributed by atoms with van der Waals surface area (Å²) in [6, 6.07) is 5.68. The maximum Gasteiger partial charge on any atom is 0.258 e. The van der Waals surface area contributed by atoms with E-state index in [1.54, 1.807) is 0 Å². The molecule has 1 aromatic carbocycles. The number of carbonyl (C=O) groups excluding carboxylic acids is 1. The molecule has 0 radical (unpaired) electrons. The lowest BCUT2D eigenvalue weighted by Crippen LogP contribution is -2.14. The van der Waals surface area contributed by atoms with E-state index in [2.05, 4.69) is 10.3 Å². The monoisotopic (exact) mass is 343 g/mol. The molecule has 0 unspecified atom stereocenters. The second-order valence-electron chi connectivity index (χ2n) is 3.84. The van der Waals surface area contributed by atoms with Crippen molar-refractivity contribution in [1.29, 1.82) is 5.26 Å². The minimum absolute atomic E-state index is 0.0166. The first kappa shape index (κ1) is 15.5. The third kappa shape index (κ3) is 3.24. The molecule has 1 aromatic heterocycles. The minimum Gasteiger partial charge on any atom is -0.319 e. The average molecular weight is 345 g/mol. The molecule has 0 aliphatic carbocycles. The highest BCUT2D eigenvalue weighted by Gasteiger charge is 2.18. The first-order valence-corrected chi connectivity index (χ1v) is 6.58. The zero-order valence-electron chi connectivity index (χ0n) is 10.1. The van der Waals surface area contributed by atoms with E-state index in [9.17, 15) is 9.18 Å². The Labute approximate surface area is 134 Å². The molecular weight excluding hydrogens is 340 g/mol. The molecular formula is C13H5Cl3FN3O. The number of amides is 1. The molecule has 21 heavy (non-hydrogen) atoms. The lowest BCUT2D eigenvalue weighted by Gasteiger charge is -2.09. The maximum absolute atomic E-state index is 13.7. The number of carbonyl (C=O) groups is 1. The second kappa shape index (κ2) is 6.27. The van der Waals surface area contributed by atoms with Crippen LogP contribution in [0.2, 0.25) is 15.2 Å². The van der Waals surface area contributed by atoms with Gasteiger partial charge in [-0.05, 0) is 18.2 Å². The highest BCUT2D eigenvalue weighted by Crippen LogP contribution is 2.28. The Hall–Kier alpha value is -1.87. The van der Waals surface area contributed by atoms with Crippen LogP contribution in [0.15, 0.2) is 24.4 Å². The van der Waals surface area contributed by atoms with Crippen molar-refractivity contribution in [1.82, 2.24) is 4.98 Å². The second-order valence-corrected chi connectivity index (χ2v) is 5.02. The van der Waals surface area contributed by atoms with Crippen LogP contribution in [0.5, 0.6) is 0 Å². The van der Waals surface area contributed by atoms with E-state index in [0.29, 0.717) is 0 Å². The Morgan fingerprint density at radius 3 is 2.48 bits per heavy atom. The van der Waals surface area contributed by atoms with E-state index in [1.165, 1.54) is 24.4 Å². The van der Waals surface area contributed by atoms with Crippen molar-refractivity contribution in [2.45, 2.75) is 0 Å². The fraction of sp³-hybridized carbons (Fsp3) is 0. The van der Waals surface area contributed by atoms with Gasteiger partial charge in [0.25, 0.3) is 5.91 Å². The predicted octanol–water partition coefficient (Wildman–Crippen LogP) is 4.30. The quantitative estimate of drug-likeness (QED) is 0.826. The summed E-state index contributed by atoms with van der Waals surface area (Å²) in [7, 11) is 0. The van der Waals surface area contributed by atoms with Gasteiger partial charge in [0.15, 0.2) is 11.0 Å². The molecule has 2 rings (SSSR count). The third-order valence-electron chi connectivity index (χ3n) is 2.49. The Kier molecular flexibility index (Phi) is 4.63. The largest absolute Gasteiger partial charge is 0.319 e. The van der Waals surface area contributed by atoms with Crippen LogP contribution in [0.4, 0.5) is 10.1 Å². The van der Waals surface area contributed by atoms with Gasteiger partial charge >= 0.3 is 0 Å². The Morgan fingerprint density at radius 1 is 1.29 bits per heavy atom. The molecule has 2 aromatic rings. The number of nitrogens with zero attached hydrogens (tertiary/aromatic N) is 2. The van der Waals surface area contributed by atoms with Crippen LogP contribution < -0.4 is 5.32 Å². The summed E-state index contributed by atoms with van der Waals surface area (Å²) in [6.07, 6.45) is 1.24. The normalized spacial score (nSPS) is 10.0. The molecule has 0 saturated heterocycles. The number of nitriles is 1. The minimum atomic E-state index is -0.867. The number of aromatic nitrogens is 1. The van der Waals surface area contributed by atoms with Crippen LogP contribution in [-0.2, 0) is 0 Å². The summed E-state index contributed by atoms with van der Waals surface area (Å²) < 4.78 is 13.7. The smallest absolute Gasteiger partial charge is 0.258 e. The lowest BCUT2D eigenvalue weighted by molar-refractivity contribution is 0.102. The van der Waals surface area contributed by atoms with E-state index in [1.807, 2.05) is 6.07 Å². The molecule has 8 heteroatoms. The van der Waals surface area contributed by atoms with Gasteiger partial charge in [-0.25, -0.2) is 9.37 Å². The van der Waals surface area contributed by atoms with Gasteiger partial charge < -0.3 is 5.32 Å². The fourth-order valence-electron chi connectivity index (χ4n) is 1.55. The summed E-state index contributed by atoms with van der Waals surface area (Å²) in [5.74, 6) is -1.59. The standard InChI is InChI=1S/C13H5Cl3FN3O/c14-7-3-6(5-18)4-8(15)10(7)13(21)20-9-1-2-19-12(16)11(9)17/h1-4H,(H,19,20,21). The molecule has 0 spiro atoms. The van der Waals surface area contributed by atoms with Crippen molar-refractivity contribution in [2.75, 3.05) is 5.32 Å². The predicted molar refractivity (Wildman–Crippen MR) is 78.3 cm³/mol. The van der Waals surface area contributed by atoms with Gasteiger partial charge in [-0.3, -0.25) is 4.79 Å². The summed E-state index contributed by atoms with van der Waals surface area (Å²) in [5.41, 5.74) is -0.0131. The van der Waals surface area contributed by atoms with Crippen molar-refractivity contribution in [2.24, 2.45) is 0 Å². The first-order valence-electron chi connectivity index (χ1n) is 5.44. The molecule has 106 valence electrons. The van der Waals surface area contributed by atoms with Crippen LogP contribution in [0.3, 0.4) is 0 Å². The van der Waals surface area contributed by atoms with Gasteiger partial charge in [-0.1, -0.05) is 34.8 Å². The van der Waals surface area contributed by atoms with E-state index in [-0.39, 0.29) is 32.0 Å². The van der Waals surface area contributed by atoms with Crippen LogP contribution in [0.1, 0.15) is 15.9 Å². The molecule has 1 N–H and O–H groups in total. The van der Waals surface area contributed by atoms with Gasteiger partial charge in [-0.15, -0.1) is 0 Å². The summed E-state index contributed by atoms with van der Waals surface area (Å²) >= 11 is 17.4. The molecule has 0 atom stereocenters. The fourth-order valence-corrected chi connectivity index (χ4v) is 2.37.